The SMILES string of the molecule is N#CCc1nc(Br)ccc1O. The molecular formula is C7H5BrN2O. The average Bonchev–Trinajstić information content (AvgIpc) is 1.98. The molecule has 3 nitrogen and oxygen atoms in total. The maximum Gasteiger partial charge on any atom is 0.138 e. The van der Waals surface area contributed by atoms with E-state index in [1.165, 1.54) is 6.07 Å². The van der Waals surface area contributed by atoms with Crippen molar-refractivity contribution in [1.82, 2.24) is 4.98 Å². The molecule has 0 aromatic carbocycles. The lowest BCUT2D eigenvalue weighted by Crippen LogP contribution is -1.88. The minimum absolute atomic E-state index is 0.0646. The van der Waals surface area contributed by atoms with E-state index in [-0.39, 0.29) is 12.2 Å². The van der Waals surface area contributed by atoms with Crippen LogP contribution in [0.1, 0.15) is 5.69 Å². The van der Waals surface area contributed by atoms with Gasteiger partial charge in [-0.2, -0.15) is 5.26 Å². The fourth-order valence-electron chi connectivity index (χ4n) is 0.672. The number of nitriles is 1. The van der Waals surface area contributed by atoms with Crippen molar-refractivity contribution in [3.05, 3.63) is 22.4 Å². The topological polar surface area (TPSA) is 56.9 Å². The number of pyridine rings is 1. The van der Waals surface area contributed by atoms with Crippen LogP contribution in [0.25, 0.3) is 0 Å². The van der Waals surface area contributed by atoms with Crippen LogP contribution in [0, 0.1) is 11.3 Å². The van der Waals surface area contributed by atoms with Gasteiger partial charge in [0.25, 0.3) is 0 Å². The molecule has 0 amide bonds. The van der Waals surface area contributed by atoms with Crippen molar-refractivity contribution >= 4 is 15.9 Å². The van der Waals surface area contributed by atoms with Crippen LogP contribution in [0.3, 0.4) is 0 Å². The van der Waals surface area contributed by atoms with Crippen molar-refractivity contribution in [1.29, 1.82) is 5.26 Å². The summed E-state index contributed by atoms with van der Waals surface area (Å²) in [6, 6.07) is 5.03. The Hall–Kier alpha value is -1.08. The van der Waals surface area contributed by atoms with Crippen LogP contribution in [0.2, 0.25) is 0 Å². The summed E-state index contributed by atoms with van der Waals surface area (Å²) in [5.74, 6) is 0.0646. The van der Waals surface area contributed by atoms with Crippen LogP contribution in [0.5, 0.6) is 5.75 Å². The third kappa shape index (κ3) is 1.92. The van der Waals surface area contributed by atoms with E-state index >= 15 is 0 Å². The number of hydrogen-bond donors (Lipinski definition) is 1. The molecule has 0 saturated heterocycles. The molecule has 1 aromatic heterocycles. The van der Waals surface area contributed by atoms with E-state index in [1.807, 2.05) is 6.07 Å². The first kappa shape index (κ1) is 8.02. The molecule has 4 heteroatoms. The van der Waals surface area contributed by atoms with Gasteiger partial charge in [-0.25, -0.2) is 4.98 Å². The van der Waals surface area contributed by atoms with E-state index < -0.39 is 0 Å². The van der Waals surface area contributed by atoms with Crippen LogP contribution in [-0.4, -0.2) is 10.1 Å². The number of aromatic hydroxyl groups is 1. The molecule has 0 saturated carbocycles. The first-order chi connectivity index (χ1) is 5.24. The van der Waals surface area contributed by atoms with Gasteiger partial charge in [0.15, 0.2) is 0 Å². The Morgan fingerprint density at radius 3 is 3.00 bits per heavy atom. The normalized spacial score (nSPS) is 9.09. The van der Waals surface area contributed by atoms with Gasteiger partial charge in [-0.15, -0.1) is 0 Å². The Morgan fingerprint density at radius 2 is 2.36 bits per heavy atom. The zero-order chi connectivity index (χ0) is 8.27. The molecule has 0 aliphatic heterocycles. The minimum Gasteiger partial charge on any atom is -0.506 e. The summed E-state index contributed by atoms with van der Waals surface area (Å²) in [6.07, 6.45) is 0.130. The fraction of sp³-hybridized carbons (Fsp3) is 0.143. The number of nitrogens with zero attached hydrogens (tertiary/aromatic N) is 2. The van der Waals surface area contributed by atoms with Crippen LogP contribution < -0.4 is 0 Å². The standard InChI is InChI=1S/C7H5BrN2O/c8-7-2-1-6(11)5(10-7)3-4-9/h1-2,11H,3H2. The number of aromatic nitrogens is 1. The number of halogens is 1. The van der Waals surface area contributed by atoms with Gasteiger partial charge in [0.2, 0.25) is 0 Å². The van der Waals surface area contributed by atoms with E-state index in [9.17, 15) is 0 Å². The zero-order valence-electron chi connectivity index (χ0n) is 5.58. The van der Waals surface area contributed by atoms with E-state index in [0.29, 0.717) is 10.3 Å². The van der Waals surface area contributed by atoms with Gasteiger partial charge in [-0.05, 0) is 28.1 Å². The zero-order valence-corrected chi connectivity index (χ0v) is 7.17. The summed E-state index contributed by atoms with van der Waals surface area (Å²) >= 11 is 3.13. The maximum absolute atomic E-state index is 9.13. The van der Waals surface area contributed by atoms with Crippen molar-refractivity contribution in [2.45, 2.75) is 6.42 Å². The molecular weight excluding hydrogens is 208 g/mol. The van der Waals surface area contributed by atoms with E-state index in [0.717, 1.165) is 0 Å². The third-order valence-corrected chi connectivity index (χ3v) is 1.60. The molecule has 1 aromatic rings. The van der Waals surface area contributed by atoms with Crippen LogP contribution >= 0.6 is 15.9 Å². The van der Waals surface area contributed by atoms with Gasteiger partial charge < -0.3 is 5.11 Å². The highest BCUT2D eigenvalue weighted by Gasteiger charge is 2.01. The van der Waals surface area contributed by atoms with Crippen molar-refractivity contribution in [3.63, 3.8) is 0 Å². The van der Waals surface area contributed by atoms with Gasteiger partial charge >= 0.3 is 0 Å². The second kappa shape index (κ2) is 3.35. The molecule has 0 radical (unpaired) electrons. The molecule has 56 valence electrons. The molecule has 1 rings (SSSR count). The van der Waals surface area contributed by atoms with Crippen molar-refractivity contribution < 1.29 is 5.11 Å². The molecule has 0 aliphatic rings. The lowest BCUT2D eigenvalue weighted by atomic mass is 10.3. The highest BCUT2D eigenvalue weighted by molar-refractivity contribution is 9.10. The smallest absolute Gasteiger partial charge is 0.138 e. The monoisotopic (exact) mass is 212 g/mol. The quantitative estimate of drug-likeness (QED) is 0.721. The van der Waals surface area contributed by atoms with Crippen molar-refractivity contribution in [2.24, 2.45) is 0 Å². The van der Waals surface area contributed by atoms with Crippen molar-refractivity contribution in [3.8, 4) is 11.8 Å². The Kier molecular flexibility index (Phi) is 2.44. The summed E-state index contributed by atoms with van der Waals surface area (Å²) in [5, 5.41) is 17.5. The van der Waals surface area contributed by atoms with Gasteiger partial charge in [-0.3, -0.25) is 0 Å². The largest absolute Gasteiger partial charge is 0.506 e. The summed E-state index contributed by atoms with van der Waals surface area (Å²) in [7, 11) is 0. The molecule has 1 heterocycles. The summed E-state index contributed by atoms with van der Waals surface area (Å²) in [6.45, 7) is 0. The molecule has 0 bridgehead atoms. The summed E-state index contributed by atoms with van der Waals surface area (Å²) < 4.78 is 0.626. The molecule has 1 N–H and O–H groups in total. The Bertz CT molecular complexity index is 306. The number of hydrogen-bond acceptors (Lipinski definition) is 3. The van der Waals surface area contributed by atoms with Gasteiger partial charge in [0.05, 0.1) is 18.2 Å². The van der Waals surface area contributed by atoms with Crippen LogP contribution in [0.15, 0.2) is 16.7 Å². The average molecular weight is 213 g/mol. The van der Waals surface area contributed by atoms with E-state index in [2.05, 4.69) is 20.9 Å². The fourth-order valence-corrected chi connectivity index (χ4v) is 1.02. The predicted molar refractivity (Wildman–Crippen MR) is 42.9 cm³/mol. The molecule has 11 heavy (non-hydrogen) atoms. The molecule has 0 fully saturated rings. The second-order valence-electron chi connectivity index (χ2n) is 1.93. The first-order valence-electron chi connectivity index (χ1n) is 2.95. The molecule has 0 aliphatic carbocycles. The second-order valence-corrected chi connectivity index (χ2v) is 2.75. The van der Waals surface area contributed by atoms with Gasteiger partial charge in [-0.1, -0.05) is 0 Å². The summed E-state index contributed by atoms with van der Waals surface area (Å²) in [4.78, 5) is 3.91. The van der Waals surface area contributed by atoms with Crippen LogP contribution in [0.4, 0.5) is 0 Å². The predicted octanol–water partition coefficient (Wildman–Crippen LogP) is 1.62. The third-order valence-electron chi connectivity index (χ3n) is 1.16. The maximum atomic E-state index is 9.13. The van der Waals surface area contributed by atoms with E-state index in [1.54, 1.807) is 6.07 Å². The highest BCUT2D eigenvalue weighted by Crippen LogP contribution is 2.17. The lowest BCUT2D eigenvalue weighted by Gasteiger charge is -1.97. The lowest BCUT2D eigenvalue weighted by molar-refractivity contribution is 0.466. The Labute approximate surface area is 72.4 Å². The van der Waals surface area contributed by atoms with E-state index in [4.69, 9.17) is 10.4 Å². The van der Waals surface area contributed by atoms with Gasteiger partial charge in [0, 0.05) is 0 Å². The Balaban J connectivity index is 3.05. The number of rotatable bonds is 1. The Morgan fingerprint density at radius 1 is 1.64 bits per heavy atom. The molecule has 0 spiro atoms. The minimum atomic E-state index is 0.0646. The van der Waals surface area contributed by atoms with Gasteiger partial charge in [0.1, 0.15) is 10.4 Å². The molecule has 0 atom stereocenters. The molecule has 0 unspecified atom stereocenters. The first-order valence-corrected chi connectivity index (χ1v) is 3.74. The summed E-state index contributed by atoms with van der Waals surface area (Å²) in [5.41, 5.74) is 0.405. The highest BCUT2D eigenvalue weighted by atomic mass is 79.9. The van der Waals surface area contributed by atoms with Crippen molar-refractivity contribution in [2.75, 3.05) is 0 Å². The van der Waals surface area contributed by atoms with Crippen LogP contribution in [-0.2, 0) is 6.42 Å².